The molecule has 6 heteroatoms. The standard InChI is InChI=1S/C14H17N3O3/c1-8(2)11-12(18)16-14(20)17(13(11)19)9(3)10-6-4-5-7-15-10/h4-9,11H,1-3H3,(H,16,18,20). The van der Waals surface area contributed by atoms with Crippen molar-refractivity contribution >= 4 is 17.8 Å². The summed E-state index contributed by atoms with van der Waals surface area (Å²) in [6.07, 6.45) is 1.60. The van der Waals surface area contributed by atoms with Crippen LogP contribution in [0.2, 0.25) is 0 Å². The lowest BCUT2D eigenvalue weighted by Crippen LogP contribution is -2.59. The molecule has 0 spiro atoms. The molecular weight excluding hydrogens is 258 g/mol. The first-order chi connectivity index (χ1) is 9.43. The fourth-order valence-corrected chi connectivity index (χ4v) is 2.32. The Morgan fingerprint density at radius 2 is 1.90 bits per heavy atom. The third-order valence-corrected chi connectivity index (χ3v) is 3.40. The van der Waals surface area contributed by atoms with E-state index in [-0.39, 0.29) is 5.92 Å². The average Bonchev–Trinajstić information content (AvgIpc) is 2.38. The highest BCUT2D eigenvalue weighted by atomic mass is 16.2. The molecule has 20 heavy (non-hydrogen) atoms. The van der Waals surface area contributed by atoms with Gasteiger partial charge in [-0.15, -0.1) is 0 Å². The van der Waals surface area contributed by atoms with Gasteiger partial charge in [-0.3, -0.25) is 24.8 Å². The summed E-state index contributed by atoms with van der Waals surface area (Å²) in [4.78, 5) is 41.4. The van der Waals surface area contributed by atoms with Crippen LogP contribution in [0, 0.1) is 11.8 Å². The number of rotatable bonds is 3. The number of pyridine rings is 1. The van der Waals surface area contributed by atoms with Crippen LogP contribution in [0.3, 0.4) is 0 Å². The molecule has 0 saturated carbocycles. The summed E-state index contributed by atoms with van der Waals surface area (Å²) >= 11 is 0. The molecule has 1 N–H and O–H groups in total. The van der Waals surface area contributed by atoms with E-state index in [1.807, 2.05) is 0 Å². The number of hydrogen-bond acceptors (Lipinski definition) is 4. The predicted octanol–water partition coefficient (Wildman–Crippen LogP) is 1.49. The summed E-state index contributed by atoms with van der Waals surface area (Å²) in [6.45, 7) is 5.27. The van der Waals surface area contributed by atoms with Gasteiger partial charge in [0, 0.05) is 6.20 Å². The summed E-state index contributed by atoms with van der Waals surface area (Å²) in [6, 6.07) is 4.09. The van der Waals surface area contributed by atoms with Crippen LogP contribution in [0.1, 0.15) is 32.5 Å². The van der Waals surface area contributed by atoms with Crippen molar-refractivity contribution in [1.29, 1.82) is 0 Å². The van der Waals surface area contributed by atoms with Crippen LogP contribution in [0.15, 0.2) is 24.4 Å². The van der Waals surface area contributed by atoms with Gasteiger partial charge in [0.05, 0.1) is 11.7 Å². The monoisotopic (exact) mass is 275 g/mol. The molecule has 0 radical (unpaired) electrons. The summed E-state index contributed by atoms with van der Waals surface area (Å²) in [5, 5.41) is 2.24. The van der Waals surface area contributed by atoms with Gasteiger partial charge in [0.15, 0.2) is 0 Å². The lowest BCUT2D eigenvalue weighted by Gasteiger charge is -2.35. The zero-order valence-corrected chi connectivity index (χ0v) is 11.7. The molecule has 2 unspecified atom stereocenters. The second kappa shape index (κ2) is 5.40. The molecule has 0 bridgehead atoms. The maximum Gasteiger partial charge on any atom is 0.331 e. The van der Waals surface area contributed by atoms with Gasteiger partial charge in [-0.1, -0.05) is 19.9 Å². The van der Waals surface area contributed by atoms with E-state index in [2.05, 4.69) is 10.3 Å². The third kappa shape index (κ3) is 2.41. The molecule has 1 fully saturated rings. The summed E-state index contributed by atoms with van der Waals surface area (Å²) in [7, 11) is 0. The van der Waals surface area contributed by atoms with Crippen LogP contribution in [0.4, 0.5) is 4.79 Å². The number of hydrogen-bond donors (Lipinski definition) is 1. The number of carbonyl (C=O) groups is 3. The molecule has 0 aromatic carbocycles. The lowest BCUT2D eigenvalue weighted by molar-refractivity contribution is -0.145. The number of nitrogens with zero attached hydrogens (tertiary/aromatic N) is 2. The first kappa shape index (κ1) is 14.2. The van der Waals surface area contributed by atoms with Gasteiger partial charge < -0.3 is 0 Å². The van der Waals surface area contributed by atoms with E-state index in [1.54, 1.807) is 45.2 Å². The Balaban J connectivity index is 2.32. The molecule has 4 amide bonds. The third-order valence-electron chi connectivity index (χ3n) is 3.40. The van der Waals surface area contributed by atoms with Crippen molar-refractivity contribution < 1.29 is 14.4 Å². The van der Waals surface area contributed by atoms with Crippen molar-refractivity contribution in [3.8, 4) is 0 Å². The van der Waals surface area contributed by atoms with E-state index in [4.69, 9.17) is 0 Å². The van der Waals surface area contributed by atoms with Gasteiger partial charge in [0.2, 0.25) is 11.8 Å². The number of barbiturate groups is 1. The van der Waals surface area contributed by atoms with Crippen molar-refractivity contribution in [3.63, 3.8) is 0 Å². The summed E-state index contributed by atoms with van der Waals surface area (Å²) < 4.78 is 0. The molecule has 0 aliphatic carbocycles. The second-order valence-electron chi connectivity index (χ2n) is 5.15. The number of aromatic nitrogens is 1. The Bertz CT molecular complexity index is 542. The molecule has 1 aliphatic heterocycles. The highest BCUT2D eigenvalue weighted by molar-refractivity contribution is 6.16. The Kier molecular flexibility index (Phi) is 3.83. The molecule has 6 nitrogen and oxygen atoms in total. The quantitative estimate of drug-likeness (QED) is 0.848. The Hall–Kier alpha value is -2.24. The number of urea groups is 1. The van der Waals surface area contributed by atoms with Crippen LogP contribution in [-0.4, -0.2) is 27.7 Å². The topological polar surface area (TPSA) is 79.4 Å². The SMILES string of the molecule is CC(C)C1C(=O)NC(=O)N(C(C)c2ccccn2)C1=O. The van der Waals surface area contributed by atoms with Crippen molar-refractivity contribution in [3.05, 3.63) is 30.1 Å². The first-order valence-electron chi connectivity index (χ1n) is 6.52. The number of nitrogens with one attached hydrogen (secondary N) is 1. The van der Waals surface area contributed by atoms with E-state index < -0.39 is 29.8 Å². The smallest absolute Gasteiger partial charge is 0.277 e. The molecule has 1 aromatic rings. The van der Waals surface area contributed by atoms with Crippen LogP contribution in [0.5, 0.6) is 0 Å². The van der Waals surface area contributed by atoms with E-state index in [0.29, 0.717) is 5.69 Å². The van der Waals surface area contributed by atoms with Gasteiger partial charge in [-0.05, 0) is 25.0 Å². The van der Waals surface area contributed by atoms with Gasteiger partial charge >= 0.3 is 6.03 Å². The van der Waals surface area contributed by atoms with Gasteiger partial charge in [-0.2, -0.15) is 0 Å². The van der Waals surface area contributed by atoms with Gasteiger partial charge in [0.1, 0.15) is 5.92 Å². The molecular formula is C14H17N3O3. The maximum atomic E-state index is 12.4. The minimum Gasteiger partial charge on any atom is -0.277 e. The average molecular weight is 275 g/mol. The summed E-state index contributed by atoms with van der Waals surface area (Å²) in [5.74, 6) is -2.00. The Morgan fingerprint density at radius 1 is 1.20 bits per heavy atom. The minimum absolute atomic E-state index is 0.172. The van der Waals surface area contributed by atoms with Crippen molar-refractivity contribution in [1.82, 2.24) is 15.2 Å². The highest BCUT2D eigenvalue weighted by Crippen LogP contribution is 2.26. The van der Waals surface area contributed by atoms with Crippen LogP contribution < -0.4 is 5.32 Å². The predicted molar refractivity (Wildman–Crippen MR) is 71.4 cm³/mol. The van der Waals surface area contributed by atoms with Crippen molar-refractivity contribution in [2.45, 2.75) is 26.8 Å². The van der Waals surface area contributed by atoms with Gasteiger partial charge in [-0.25, -0.2) is 4.79 Å². The number of amides is 4. The Labute approximate surface area is 117 Å². The number of imide groups is 2. The fourth-order valence-electron chi connectivity index (χ4n) is 2.32. The molecule has 2 rings (SSSR count). The highest BCUT2D eigenvalue weighted by Gasteiger charge is 2.44. The fraction of sp³-hybridized carbons (Fsp3) is 0.429. The minimum atomic E-state index is -0.834. The normalized spacial score (nSPS) is 21.1. The Morgan fingerprint density at radius 3 is 2.45 bits per heavy atom. The molecule has 1 aliphatic rings. The molecule has 106 valence electrons. The van der Waals surface area contributed by atoms with E-state index in [1.165, 1.54) is 0 Å². The van der Waals surface area contributed by atoms with Crippen LogP contribution in [-0.2, 0) is 9.59 Å². The molecule has 2 heterocycles. The number of carbonyl (C=O) groups excluding carboxylic acids is 3. The maximum absolute atomic E-state index is 12.4. The molecule has 1 saturated heterocycles. The van der Waals surface area contributed by atoms with Crippen molar-refractivity contribution in [2.75, 3.05) is 0 Å². The molecule has 1 aromatic heterocycles. The lowest BCUT2D eigenvalue weighted by atomic mass is 9.91. The van der Waals surface area contributed by atoms with Crippen LogP contribution >= 0.6 is 0 Å². The molecule has 2 atom stereocenters. The van der Waals surface area contributed by atoms with Crippen LogP contribution in [0.25, 0.3) is 0 Å². The zero-order chi connectivity index (χ0) is 14.9. The van der Waals surface area contributed by atoms with Crippen molar-refractivity contribution in [2.24, 2.45) is 11.8 Å². The largest absolute Gasteiger partial charge is 0.331 e. The van der Waals surface area contributed by atoms with Gasteiger partial charge in [0.25, 0.3) is 0 Å². The summed E-state index contributed by atoms with van der Waals surface area (Å²) in [5.41, 5.74) is 0.604. The zero-order valence-electron chi connectivity index (χ0n) is 11.7. The van der Waals surface area contributed by atoms with E-state index in [9.17, 15) is 14.4 Å². The second-order valence-corrected chi connectivity index (χ2v) is 5.15. The van der Waals surface area contributed by atoms with E-state index in [0.717, 1.165) is 4.90 Å². The van der Waals surface area contributed by atoms with E-state index >= 15 is 0 Å². The first-order valence-corrected chi connectivity index (χ1v) is 6.52.